The SMILES string of the molecule is CCCCN(CCCC)C(=O)Cc1c(-c2ccc(OC)cc2)nc2ccc(C)nn12. The van der Waals surface area contributed by atoms with Crippen LogP contribution in [0.5, 0.6) is 5.75 Å². The molecule has 0 aliphatic carbocycles. The summed E-state index contributed by atoms with van der Waals surface area (Å²) in [6, 6.07) is 11.7. The summed E-state index contributed by atoms with van der Waals surface area (Å²) in [6.45, 7) is 7.86. The standard InChI is InChI=1S/C24H32N4O2/c1-5-7-15-27(16-8-6-2)23(29)17-21-24(19-10-12-20(30-4)13-11-19)25-22-14-9-18(3)26-28(21)22/h9-14H,5-8,15-17H2,1-4H3. The van der Waals surface area contributed by atoms with Crippen molar-refractivity contribution in [3.8, 4) is 17.0 Å². The van der Waals surface area contributed by atoms with Crippen molar-refractivity contribution in [2.45, 2.75) is 52.9 Å². The molecule has 2 heterocycles. The number of rotatable bonds is 10. The third-order valence-corrected chi connectivity index (χ3v) is 5.30. The van der Waals surface area contributed by atoms with Gasteiger partial charge >= 0.3 is 0 Å². The van der Waals surface area contributed by atoms with Gasteiger partial charge in [0.25, 0.3) is 0 Å². The minimum atomic E-state index is 0.136. The molecule has 0 saturated heterocycles. The molecule has 0 saturated carbocycles. The van der Waals surface area contributed by atoms with Gasteiger partial charge in [-0.3, -0.25) is 4.79 Å². The Bertz CT molecular complexity index is 971. The van der Waals surface area contributed by atoms with E-state index >= 15 is 0 Å². The van der Waals surface area contributed by atoms with Crippen LogP contribution in [-0.4, -0.2) is 45.6 Å². The van der Waals surface area contributed by atoms with Crippen molar-refractivity contribution in [1.82, 2.24) is 19.5 Å². The van der Waals surface area contributed by atoms with Gasteiger partial charge in [0, 0.05) is 18.7 Å². The van der Waals surface area contributed by atoms with Crippen LogP contribution in [0.3, 0.4) is 0 Å². The number of hydrogen-bond acceptors (Lipinski definition) is 4. The third kappa shape index (κ3) is 4.99. The molecule has 6 nitrogen and oxygen atoms in total. The van der Waals surface area contributed by atoms with E-state index in [1.807, 2.05) is 52.7 Å². The molecule has 6 heteroatoms. The normalized spacial score (nSPS) is 11.1. The molecule has 2 aromatic heterocycles. The van der Waals surface area contributed by atoms with Gasteiger partial charge in [-0.1, -0.05) is 26.7 Å². The van der Waals surface area contributed by atoms with Gasteiger partial charge in [-0.25, -0.2) is 9.50 Å². The number of aromatic nitrogens is 3. The predicted molar refractivity (Wildman–Crippen MR) is 120 cm³/mol. The van der Waals surface area contributed by atoms with Crippen molar-refractivity contribution in [3.05, 3.63) is 47.8 Å². The molecule has 0 fully saturated rings. The van der Waals surface area contributed by atoms with Gasteiger partial charge in [-0.15, -0.1) is 0 Å². The van der Waals surface area contributed by atoms with Crippen molar-refractivity contribution in [2.24, 2.45) is 0 Å². The van der Waals surface area contributed by atoms with Crippen molar-refractivity contribution in [1.29, 1.82) is 0 Å². The van der Waals surface area contributed by atoms with Gasteiger partial charge in [0.15, 0.2) is 5.65 Å². The van der Waals surface area contributed by atoms with Crippen molar-refractivity contribution in [3.63, 3.8) is 0 Å². The number of carbonyl (C=O) groups is 1. The van der Waals surface area contributed by atoms with E-state index in [0.717, 1.165) is 72.8 Å². The molecule has 0 spiro atoms. The number of carbonyl (C=O) groups excluding carboxylic acids is 1. The van der Waals surface area contributed by atoms with E-state index in [-0.39, 0.29) is 12.3 Å². The average molecular weight is 409 g/mol. The van der Waals surface area contributed by atoms with Gasteiger partial charge in [-0.2, -0.15) is 5.10 Å². The monoisotopic (exact) mass is 408 g/mol. The number of ether oxygens (including phenoxy) is 1. The van der Waals surface area contributed by atoms with Crippen molar-refractivity contribution >= 4 is 11.6 Å². The van der Waals surface area contributed by atoms with Crippen LogP contribution >= 0.6 is 0 Å². The maximum absolute atomic E-state index is 13.3. The molecular formula is C24H32N4O2. The van der Waals surface area contributed by atoms with Gasteiger partial charge in [-0.05, 0) is 56.2 Å². The molecule has 30 heavy (non-hydrogen) atoms. The predicted octanol–water partition coefficient (Wildman–Crippen LogP) is 4.68. The lowest BCUT2D eigenvalue weighted by atomic mass is 10.1. The molecule has 0 aliphatic rings. The van der Waals surface area contributed by atoms with Crippen LogP contribution in [0.25, 0.3) is 16.9 Å². The number of unbranched alkanes of at least 4 members (excludes halogenated alkanes) is 2. The largest absolute Gasteiger partial charge is 0.497 e. The molecule has 1 aromatic carbocycles. The lowest BCUT2D eigenvalue weighted by Gasteiger charge is -2.22. The molecule has 0 unspecified atom stereocenters. The van der Waals surface area contributed by atoms with Crippen molar-refractivity contribution < 1.29 is 9.53 Å². The van der Waals surface area contributed by atoms with Gasteiger partial charge in [0.1, 0.15) is 5.75 Å². The second-order valence-corrected chi connectivity index (χ2v) is 7.64. The second kappa shape index (κ2) is 10.2. The topological polar surface area (TPSA) is 59.7 Å². The first-order valence-corrected chi connectivity index (χ1v) is 10.8. The average Bonchev–Trinajstić information content (AvgIpc) is 3.11. The summed E-state index contributed by atoms with van der Waals surface area (Å²) in [5, 5.41) is 4.65. The van der Waals surface area contributed by atoms with Crippen LogP contribution in [0, 0.1) is 6.92 Å². The quantitative estimate of drug-likeness (QED) is 0.488. The maximum Gasteiger partial charge on any atom is 0.228 e. The molecule has 0 N–H and O–H groups in total. The number of benzene rings is 1. The van der Waals surface area contributed by atoms with Crippen LogP contribution in [0.15, 0.2) is 36.4 Å². The zero-order chi connectivity index (χ0) is 21.5. The second-order valence-electron chi connectivity index (χ2n) is 7.64. The zero-order valence-electron chi connectivity index (χ0n) is 18.5. The first-order valence-electron chi connectivity index (χ1n) is 10.8. The maximum atomic E-state index is 13.3. The fourth-order valence-corrected chi connectivity index (χ4v) is 3.52. The van der Waals surface area contributed by atoms with Crippen LogP contribution < -0.4 is 4.74 Å². The Kier molecular flexibility index (Phi) is 7.44. The zero-order valence-corrected chi connectivity index (χ0v) is 18.5. The molecule has 0 radical (unpaired) electrons. The van der Waals surface area contributed by atoms with E-state index in [0.29, 0.717) is 0 Å². The Labute approximate surface area is 178 Å². The molecule has 0 aliphatic heterocycles. The van der Waals surface area contributed by atoms with Crippen LogP contribution in [0.2, 0.25) is 0 Å². The molecule has 0 atom stereocenters. The fourth-order valence-electron chi connectivity index (χ4n) is 3.52. The summed E-state index contributed by atoms with van der Waals surface area (Å²) in [7, 11) is 1.65. The van der Waals surface area contributed by atoms with E-state index in [1.165, 1.54) is 0 Å². The molecular weight excluding hydrogens is 376 g/mol. The molecule has 3 rings (SSSR count). The van der Waals surface area contributed by atoms with E-state index in [9.17, 15) is 4.79 Å². The summed E-state index contributed by atoms with van der Waals surface area (Å²) < 4.78 is 7.11. The Morgan fingerprint density at radius 2 is 1.70 bits per heavy atom. The highest BCUT2D eigenvalue weighted by atomic mass is 16.5. The van der Waals surface area contributed by atoms with E-state index in [1.54, 1.807) is 7.11 Å². The number of hydrogen-bond donors (Lipinski definition) is 0. The van der Waals surface area contributed by atoms with E-state index < -0.39 is 0 Å². The highest BCUT2D eigenvalue weighted by Gasteiger charge is 2.21. The lowest BCUT2D eigenvalue weighted by Crippen LogP contribution is -2.34. The van der Waals surface area contributed by atoms with Crippen LogP contribution in [0.4, 0.5) is 0 Å². The molecule has 1 amide bonds. The minimum Gasteiger partial charge on any atom is -0.497 e. The van der Waals surface area contributed by atoms with Gasteiger partial charge in [0.2, 0.25) is 5.91 Å². The fraction of sp³-hybridized carbons (Fsp3) is 0.458. The van der Waals surface area contributed by atoms with Crippen molar-refractivity contribution in [2.75, 3.05) is 20.2 Å². The Morgan fingerprint density at radius 3 is 2.30 bits per heavy atom. The summed E-state index contributed by atoms with van der Waals surface area (Å²) in [6.07, 6.45) is 4.47. The number of methoxy groups -OCH3 is 1. The molecule has 0 bridgehead atoms. The summed E-state index contributed by atoms with van der Waals surface area (Å²) in [4.78, 5) is 20.1. The molecule has 3 aromatic rings. The Hall–Kier alpha value is -2.89. The summed E-state index contributed by atoms with van der Waals surface area (Å²) in [5.41, 5.74) is 4.24. The van der Waals surface area contributed by atoms with Crippen LogP contribution in [0.1, 0.15) is 50.9 Å². The van der Waals surface area contributed by atoms with Gasteiger partial charge in [0.05, 0.1) is 30.6 Å². The highest BCUT2D eigenvalue weighted by molar-refractivity contribution is 5.81. The Balaban J connectivity index is 1.99. The summed E-state index contributed by atoms with van der Waals surface area (Å²) >= 11 is 0. The van der Waals surface area contributed by atoms with Gasteiger partial charge < -0.3 is 9.64 Å². The number of nitrogens with zero attached hydrogens (tertiary/aromatic N) is 4. The van der Waals surface area contributed by atoms with E-state index in [2.05, 4.69) is 18.9 Å². The molecule has 160 valence electrons. The van der Waals surface area contributed by atoms with Crippen LogP contribution in [-0.2, 0) is 11.2 Å². The van der Waals surface area contributed by atoms with E-state index in [4.69, 9.17) is 9.72 Å². The number of amides is 1. The number of fused-ring (bicyclic) bond motifs is 1. The minimum absolute atomic E-state index is 0.136. The summed E-state index contributed by atoms with van der Waals surface area (Å²) in [5.74, 6) is 0.927. The highest BCUT2D eigenvalue weighted by Crippen LogP contribution is 2.27. The third-order valence-electron chi connectivity index (χ3n) is 5.30. The smallest absolute Gasteiger partial charge is 0.228 e. The first kappa shape index (κ1) is 21.8. The Morgan fingerprint density at radius 1 is 1.03 bits per heavy atom. The first-order chi connectivity index (χ1) is 14.6. The number of imidazole rings is 1. The lowest BCUT2D eigenvalue weighted by molar-refractivity contribution is -0.130. The number of aryl methyl sites for hydroxylation is 1.